The molecule has 176 valence electrons. The summed E-state index contributed by atoms with van der Waals surface area (Å²) in [4.78, 5) is 12.7. The molecule has 1 N–H and O–H groups in total. The zero-order valence-electron chi connectivity index (χ0n) is 20.5. The van der Waals surface area contributed by atoms with E-state index in [1.807, 2.05) is 20.9 Å². The number of nitrogens with one attached hydrogen (secondary N) is 1. The van der Waals surface area contributed by atoms with Gasteiger partial charge in [-0.3, -0.25) is 14.0 Å². The molecule has 0 bridgehead atoms. The zero-order chi connectivity index (χ0) is 23.8. The molecular weight excluding hydrogens is 432 g/mol. The quantitative estimate of drug-likeness (QED) is 0.490. The van der Waals surface area contributed by atoms with Crippen molar-refractivity contribution in [3.8, 4) is 11.4 Å². The lowest BCUT2D eigenvalue weighted by Gasteiger charge is -2.20. The average molecular weight is 467 g/mol. The van der Waals surface area contributed by atoms with Crippen LogP contribution in [0.3, 0.4) is 0 Å². The van der Waals surface area contributed by atoms with E-state index >= 15 is 0 Å². The predicted octanol–water partition coefficient (Wildman–Crippen LogP) is 5.44. The van der Waals surface area contributed by atoms with Crippen molar-refractivity contribution < 1.29 is 4.79 Å². The van der Waals surface area contributed by atoms with Crippen molar-refractivity contribution in [2.24, 2.45) is 7.05 Å². The maximum Gasteiger partial charge on any atom is 0.234 e. The van der Waals surface area contributed by atoms with Crippen molar-refractivity contribution >= 4 is 23.4 Å². The van der Waals surface area contributed by atoms with E-state index in [4.69, 9.17) is 0 Å². The largest absolute Gasteiger partial charge is 0.322 e. The van der Waals surface area contributed by atoms with E-state index < -0.39 is 0 Å². The van der Waals surface area contributed by atoms with Crippen LogP contribution in [0.1, 0.15) is 69.4 Å². The highest BCUT2D eigenvalue weighted by Crippen LogP contribution is 2.37. The topological polar surface area (TPSA) is 77.6 Å². The lowest BCUT2D eigenvalue weighted by molar-refractivity contribution is -0.113. The van der Waals surface area contributed by atoms with Crippen LogP contribution in [0.4, 0.5) is 5.69 Å². The van der Waals surface area contributed by atoms with E-state index in [-0.39, 0.29) is 17.1 Å². The van der Waals surface area contributed by atoms with Gasteiger partial charge >= 0.3 is 0 Å². The fourth-order valence-electron chi connectivity index (χ4n) is 4.44. The molecule has 1 amide bonds. The number of amides is 1. The summed E-state index contributed by atoms with van der Waals surface area (Å²) in [5.41, 5.74) is 5.03. The van der Waals surface area contributed by atoms with E-state index in [1.54, 1.807) is 4.68 Å². The standard InChI is InChI=1S/C25H34N6OS/c1-16-22(17(2)30(6)29-16)26-21(32)15-33-24-28-27-23(31(24)20-9-7-8-10-20)18-11-13-19(14-12-18)25(3,4)5/h11-14,20H,7-10,15H2,1-6H3,(H,26,32). The highest BCUT2D eigenvalue weighted by molar-refractivity contribution is 7.99. The number of carbonyl (C=O) groups is 1. The first-order chi connectivity index (χ1) is 15.6. The molecule has 0 aliphatic heterocycles. The smallest absolute Gasteiger partial charge is 0.234 e. The summed E-state index contributed by atoms with van der Waals surface area (Å²) in [6.07, 6.45) is 4.68. The lowest BCUT2D eigenvalue weighted by Crippen LogP contribution is -2.16. The van der Waals surface area contributed by atoms with Crippen LogP contribution < -0.4 is 5.32 Å². The summed E-state index contributed by atoms with van der Waals surface area (Å²) in [5, 5.41) is 17.3. The fraction of sp³-hybridized carbons (Fsp3) is 0.520. The Hall–Kier alpha value is -2.61. The Kier molecular flexibility index (Phi) is 6.66. The Morgan fingerprint density at radius 1 is 1.12 bits per heavy atom. The van der Waals surface area contributed by atoms with Crippen LogP contribution in [0.2, 0.25) is 0 Å². The number of rotatable bonds is 6. The molecule has 0 radical (unpaired) electrons. The normalized spacial score (nSPS) is 14.7. The van der Waals surface area contributed by atoms with Gasteiger partial charge in [0.25, 0.3) is 0 Å². The number of benzene rings is 1. The Balaban J connectivity index is 1.55. The van der Waals surface area contributed by atoms with Crippen LogP contribution in [0, 0.1) is 13.8 Å². The summed E-state index contributed by atoms with van der Waals surface area (Å²) in [7, 11) is 1.88. The van der Waals surface area contributed by atoms with E-state index in [0.29, 0.717) is 6.04 Å². The second-order valence-corrected chi connectivity index (χ2v) is 10.9. The first kappa shape index (κ1) is 23.5. The molecule has 4 rings (SSSR count). The Morgan fingerprint density at radius 2 is 1.79 bits per heavy atom. The molecule has 1 saturated carbocycles. The third-order valence-corrected chi connectivity index (χ3v) is 7.41. The van der Waals surface area contributed by atoms with Crippen molar-refractivity contribution in [3.05, 3.63) is 41.2 Å². The molecule has 2 aromatic heterocycles. The summed E-state index contributed by atoms with van der Waals surface area (Å²) < 4.78 is 4.05. The molecule has 1 aromatic carbocycles. The highest BCUT2D eigenvalue weighted by Gasteiger charge is 2.26. The second kappa shape index (κ2) is 9.33. The van der Waals surface area contributed by atoms with Gasteiger partial charge in [0.1, 0.15) is 0 Å². The van der Waals surface area contributed by atoms with Gasteiger partial charge in [0.05, 0.1) is 22.8 Å². The van der Waals surface area contributed by atoms with Gasteiger partial charge < -0.3 is 5.32 Å². The number of hydrogen-bond donors (Lipinski definition) is 1. The number of anilines is 1. The number of aryl methyl sites for hydroxylation is 2. The number of aromatic nitrogens is 5. The average Bonchev–Trinajstić information content (AvgIpc) is 3.48. The Labute approximate surface area is 200 Å². The third kappa shape index (κ3) is 5.00. The molecule has 8 heteroatoms. The summed E-state index contributed by atoms with van der Waals surface area (Å²) >= 11 is 1.45. The summed E-state index contributed by atoms with van der Waals surface area (Å²) in [6, 6.07) is 9.03. The first-order valence-electron chi connectivity index (χ1n) is 11.6. The first-order valence-corrected chi connectivity index (χ1v) is 12.6. The van der Waals surface area contributed by atoms with E-state index in [1.165, 1.54) is 30.2 Å². The monoisotopic (exact) mass is 466 g/mol. The van der Waals surface area contributed by atoms with Crippen LogP contribution in [-0.4, -0.2) is 36.2 Å². The molecule has 2 heterocycles. The number of thioether (sulfide) groups is 1. The minimum Gasteiger partial charge on any atom is -0.322 e. The molecule has 33 heavy (non-hydrogen) atoms. The van der Waals surface area contributed by atoms with E-state index in [0.717, 1.165) is 46.5 Å². The van der Waals surface area contributed by atoms with E-state index in [2.05, 4.69) is 70.2 Å². The molecule has 1 aliphatic rings. The SMILES string of the molecule is Cc1nn(C)c(C)c1NC(=O)CSc1nnc(-c2ccc(C(C)(C)C)cc2)n1C1CCCC1. The third-order valence-electron chi connectivity index (χ3n) is 6.47. The van der Waals surface area contributed by atoms with Crippen molar-refractivity contribution in [3.63, 3.8) is 0 Å². The van der Waals surface area contributed by atoms with Crippen LogP contribution in [0.15, 0.2) is 29.4 Å². The maximum absolute atomic E-state index is 12.7. The molecule has 3 aromatic rings. The fourth-order valence-corrected chi connectivity index (χ4v) is 5.25. The van der Waals surface area contributed by atoms with Gasteiger partial charge in [0, 0.05) is 18.7 Å². The minimum atomic E-state index is -0.0590. The van der Waals surface area contributed by atoms with Crippen LogP contribution in [-0.2, 0) is 17.3 Å². The van der Waals surface area contributed by atoms with Crippen molar-refractivity contribution in [2.75, 3.05) is 11.1 Å². The van der Waals surface area contributed by atoms with Gasteiger partial charge in [-0.2, -0.15) is 5.10 Å². The number of carbonyl (C=O) groups excluding carboxylic acids is 1. The Morgan fingerprint density at radius 3 is 2.36 bits per heavy atom. The molecule has 1 aliphatic carbocycles. The summed E-state index contributed by atoms with van der Waals surface area (Å²) in [5.74, 6) is 1.11. The molecule has 0 spiro atoms. The van der Waals surface area contributed by atoms with Gasteiger partial charge in [-0.15, -0.1) is 10.2 Å². The molecule has 0 unspecified atom stereocenters. The number of nitrogens with zero attached hydrogens (tertiary/aromatic N) is 5. The zero-order valence-corrected chi connectivity index (χ0v) is 21.3. The lowest BCUT2D eigenvalue weighted by atomic mass is 9.86. The van der Waals surface area contributed by atoms with Crippen LogP contribution in [0.5, 0.6) is 0 Å². The second-order valence-electron chi connectivity index (χ2n) is 9.95. The van der Waals surface area contributed by atoms with Crippen LogP contribution >= 0.6 is 11.8 Å². The van der Waals surface area contributed by atoms with Crippen molar-refractivity contribution in [1.29, 1.82) is 0 Å². The Bertz CT molecular complexity index is 1130. The maximum atomic E-state index is 12.7. The van der Waals surface area contributed by atoms with Crippen molar-refractivity contribution in [2.45, 2.75) is 76.9 Å². The molecule has 7 nitrogen and oxygen atoms in total. The van der Waals surface area contributed by atoms with Crippen LogP contribution in [0.25, 0.3) is 11.4 Å². The van der Waals surface area contributed by atoms with E-state index in [9.17, 15) is 4.79 Å². The van der Waals surface area contributed by atoms with Gasteiger partial charge in [0.2, 0.25) is 5.91 Å². The molecular formula is C25H34N6OS. The van der Waals surface area contributed by atoms with Gasteiger partial charge in [-0.1, -0.05) is 69.6 Å². The van der Waals surface area contributed by atoms with Gasteiger partial charge in [0.15, 0.2) is 11.0 Å². The summed E-state index contributed by atoms with van der Waals surface area (Å²) in [6.45, 7) is 10.5. The highest BCUT2D eigenvalue weighted by atomic mass is 32.2. The molecule has 1 fully saturated rings. The number of hydrogen-bond acceptors (Lipinski definition) is 5. The molecule has 0 atom stereocenters. The predicted molar refractivity (Wildman–Crippen MR) is 134 cm³/mol. The van der Waals surface area contributed by atoms with Crippen molar-refractivity contribution in [1.82, 2.24) is 24.5 Å². The van der Waals surface area contributed by atoms with Gasteiger partial charge in [-0.05, 0) is 37.7 Å². The molecule has 0 saturated heterocycles. The van der Waals surface area contributed by atoms with Gasteiger partial charge in [-0.25, -0.2) is 0 Å². The minimum absolute atomic E-state index is 0.0590.